The highest BCUT2D eigenvalue weighted by atomic mass is 79.9. The Bertz CT molecular complexity index is 589. The van der Waals surface area contributed by atoms with Gasteiger partial charge in [-0.1, -0.05) is 6.92 Å². The number of nitrogens with two attached hydrogens (primary N) is 1. The van der Waals surface area contributed by atoms with Crippen LogP contribution in [-0.2, 0) is 6.54 Å². The van der Waals surface area contributed by atoms with Gasteiger partial charge in [-0.2, -0.15) is 0 Å². The average molecular weight is 359 g/mol. The van der Waals surface area contributed by atoms with Gasteiger partial charge in [0.1, 0.15) is 0 Å². The van der Waals surface area contributed by atoms with Gasteiger partial charge in [-0.05, 0) is 28.4 Å². The predicted molar refractivity (Wildman–Crippen MR) is 85.9 cm³/mol. The standard InChI is InChI=1S/C14H16BrFN2OS/c1-2-3-19-14-6-13(12(17)5-11(14)16)18-7-10-4-9(15)8-20-10/h4-6,8,18H,2-3,7,17H2,1H3. The molecule has 2 rings (SSSR count). The van der Waals surface area contributed by atoms with Crippen molar-refractivity contribution in [3.8, 4) is 5.75 Å². The Labute approximate surface area is 130 Å². The minimum Gasteiger partial charge on any atom is -0.490 e. The smallest absolute Gasteiger partial charge is 0.167 e. The minimum atomic E-state index is -0.430. The third-order valence-corrected chi connectivity index (χ3v) is 4.34. The molecular formula is C14H16BrFN2OS. The Hall–Kier alpha value is -1.27. The Kier molecular flexibility index (Phi) is 5.25. The number of hydrogen-bond donors (Lipinski definition) is 2. The first-order valence-electron chi connectivity index (χ1n) is 6.28. The highest BCUT2D eigenvalue weighted by molar-refractivity contribution is 9.10. The maximum atomic E-state index is 13.7. The number of ether oxygens (including phenoxy) is 1. The molecule has 1 heterocycles. The van der Waals surface area contributed by atoms with Crippen molar-refractivity contribution in [3.63, 3.8) is 0 Å². The molecule has 0 bridgehead atoms. The highest BCUT2D eigenvalue weighted by Gasteiger charge is 2.09. The van der Waals surface area contributed by atoms with Crippen molar-refractivity contribution in [1.29, 1.82) is 0 Å². The fourth-order valence-electron chi connectivity index (χ4n) is 1.67. The van der Waals surface area contributed by atoms with Gasteiger partial charge in [-0.25, -0.2) is 4.39 Å². The number of nitrogens with one attached hydrogen (secondary N) is 1. The number of benzene rings is 1. The Morgan fingerprint density at radius 2 is 2.20 bits per heavy atom. The number of rotatable bonds is 6. The third kappa shape index (κ3) is 3.86. The van der Waals surface area contributed by atoms with Crippen LogP contribution in [0.4, 0.5) is 15.8 Å². The molecule has 2 aromatic rings. The van der Waals surface area contributed by atoms with Gasteiger partial charge in [0, 0.05) is 33.4 Å². The van der Waals surface area contributed by atoms with Gasteiger partial charge in [0.05, 0.1) is 18.0 Å². The van der Waals surface area contributed by atoms with E-state index in [1.807, 2.05) is 18.4 Å². The first-order chi connectivity index (χ1) is 9.60. The summed E-state index contributed by atoms with van der Waals surface area (Å²) in [5.41, 5.74) is 6.88. The summed E-state index contributed by atoms with van der Waals surface area (Å²) in [6, 6.07) is 4.94. The molecule has 1 aromatic heterocycles. The van der Waals surface area contributed by atoms with E-state index in [0.717, 1.165) is 15.8 Å². The number of halogens is 2. The number of nitrogen functional groups attached to an aromatic ring is 1. The molecule has 0 aliphatic heterocycles. The molecule has 0 atom stereocenters. The molecule has 0 fully saturated rings. The van der Waals surface area contributed by atoms with E-state index >= 15 is 0 Å². The van der Waals surface area contributed by atoms with Crippen LogP contribution in [0.2, 0.25) is 0 Å². The lowest BCUT2D eigenvalue weighted by Gasteiger charge is -2.12. The second-order valence-electron chi connectivity index (χ2n) is 4.30. The van der Waals surface area contributed by atoms with Crippen molar-refractivity contribution >= 4 is 38.6 Å². The molecule has 0 unspecified atom stereocenters. The van der Waals surface area contributed by atoms with E-state index in [1.54, 1.807) is 17.4 Å². The van der Waals surface area contributed by atoms with Crippen LogP contribution in [0.3, 0.4) is 0 Å². The van der Waals surface area contributed by atoms with Crippen LogP contribution in [0.15, 0.2) is 28.1 Å². The van der Waals surface area contributed by atoms with E-state index in [-0.39, 0.29) is 5.75 Å². The fourth-order valence-corrected chi connectivity index (χ4v) is 3.06. The molecule has 0 radical (unpaired) electrons. The zero-order chi connectivity index (χ0) is 14.5. The van der Waals surface area contributed by atoms with Crippen LogP contribution in [0.25, 0.3) is 0 Å². The van der Waals surface area contributed by atoms with Gasteiger partial charge in [0.2, 0.25) is 0 Å². The van der Waals surface area contributed by atoms with Gasteiger partial charge in [-0.3, -0.25) is 0 Å². The highest BCUT2D eigenvalue weighted by Crippen LogP contribution is 2.29. The van der Waals surface area contributed by atoms with Gasteiger partial charge >= 0.3 is 0 Å². The summed E-state index contributed by atoms with van der Waals surface area (Å²) < 4.78 is 20.1. The predicted octanol–water partition coefficient (Wildman–Crippen LogP) is 4.63. The van der Waals surface area contributed by atoms with Crippen LogP contribution in [0.5, 0.6) is 5.75 Å². The van der Waals surface area contributed by atoms with Gasteiger partial charge in [0.15, 0.2) is 11.6 Å². The van der Waals surface area contributed by atoms with Crippen LogP contribution in [-0.4, -0.2) is 6.61 Å². The number of anilines is 2. The normalized spacial score (nSPS) is 10.6. The van der Waals surface area contributed by atoms with Crippen LogP contribution >= 0.6 is 27.3 Å². The number of hydrogen-bond acceptors (Lipinski definition) is 4. The summed E-state index contributed by atoms with van der Waals surface area (Å²) in [5, 5.41) is 5.22. The molecule has 1 aromatic carbocycles. The van der Waals surface area contributed by atoms with Gasteiger partial charge in [0.25, 0.3) is 0 Å². The Morgan fingerprint density at radius 3 is 2.85 bits per heavy atom. The Balaban J connectivity index is 2.09. The van der Waals surface area contributed by atoms with E-state index < -0.39 is 5.82 Å². The monoisotopic (exact) mass is 358 g/mol. The van der Waals surface area contributed by atoms with Crippen LogP contribution in [0, 0.1) is 5.82 Å². The molecule has 0 aliphatic rings. The molecule has 108 valence electrons. The lowest BCUT2D eigenvalue weighted by atomic mass is 10.2. The van der Waals surface area contributed by atoms with E-state index in [9.17, 15) is 4.39 Å². The maximum Gasteiger partial charge on any atom is 0.167 e. The molecule has 0 saturated heterocycles. The summed E-state index contributed by atoms with van der Waals surface area (Å²) in [6.07, 6.45) is 0.829. The summed E-state index contributed by atoms with van der Waals surface area (Å²) >= 11 is 5.05. The first kappa shape index (κ1) is 15.1. The van der Waals surface area contributed by atoms with Crippen molar-refractivity contribution in [2.45, 2.75) is 19.9 Å². The zero-order valence-electron chi connectivity index (χ0n) is 11.1. The summed E-state index contributed by atoms with van der Waals surface area (Å²) in [5.74, 6) is -0.198. The number of thiophene rings is 1. The summed E-state index contributed by atoms with van der Waals surface area (Å²) in [7, 11) is 0. The lowest BCUT2D eigenvalue weighted by Crippen LogP contribution is -2.04. The SMILES string of the molecule is CCCOc1cc(NCc2cc(Br)cs2)c(N)cc1F. The summed E-state index contributed by atoms with van der Waals surface area (Å²) in [4.78, 5) is 1.16. The molecule has 3 N–H and O–H groups in total. The Morgan fingerprint density at radius 1 is 1.40 bits per heavy atom. The molecule has 0 saturated carbocycles. The third-order valence-electron chi connectivity index (χ3n) is 2.64. The van der Waals surface area contributed by atoms with Crippen LogP contribution in [0.1, 0.15) is 18.2 Å². The average Bonchev–Trinajstić information content (AvgIpc) is 2.82. The molecule has 0 aliphatic carbocycles. The van der Waals surface area contributed by atoms with Crippen molar-refractivity contribution in [1.82, 2.24) is 0 Å². The first-order valence-corrected chi connectivity index (χ1v) is 7.96. The van der Waals surface area contributed by atoms with E-state index in [1.165, 1.54) is 6.07 Å². The van der Waals surface area contributed by atoms with Gasteiger partial charge in [-0.15, -0.1) is 11.3 Å². The van der Waals surface area contributed by atoms with E-state index in [2.05, 4.69) is 21.2 Å². The fraction of sp³-hybridized carbons (Fsp3) is 0.286. The largest absolute Gasteiger partial charge is 0.490 e. The molecule has 0 amide bonds. The van der Waals surface area contributed by atoms with Crippen molar-refractivity contribution in [3.05, 3.63) is 38.7 Å². The van der Waals surface area contributed by atoms with E-state index in [0.29, 0.717) is 24.5 Å². The topological polar surface area (TPSA) is 47.3 Å². The molecule has 20 heavy (non-hydrogen) atoms. The second kappa shape index (κ2) is 6.95. The summed E-state index contributed by atoms with van der Waals surface area (Å²) in [6.45, 7) is 3.10. The lowest BCUT2D eigenvalue weighted by molar-refractivity contribution is 0.301. The molecular weight excluding hydrogens is 343 g/mol. The second-order valence-corrected chi connectivity index (χ2v) is 6.21. The quantitative estimate of drug-likeness (QED) is 0.739. The molecule has 0 spiro atoms. The maximum absolute atomic E-state index is 13.7. The van der Waals surface area contributed by atoms with E-state index in [4.69, 9.17) is 10.5 Å². The minimum absolute atomic E-state index is 0.232. The van der Waals surface area contributed by atoms with Crippen molar-refractivity contribution in [2.24, 2.45) is 0 Å². The van der Waals surface area contributed by atoms with Crippen molar-refractivity contribution in [2.75, 3.05) is 17.7 Å². The molecule has 3 nitrogen and oxygen atoms in total. The van der Waals surface area contributed by atoms with Crippen molar-refractivity contribution < 1.29 is 9.13 Å². The zero-order valence-corrected chi connectivity index (χ0v) is 13.5. The van der Waals surface area contributed by atoms with Gasteiger partial charge < -0.3 is 15.8 Å². The van der Waals surface area contributed by atoms with Crippen LogP contribution < -0.4 is 15.8 Å². The molecule has 6 heteroatoms.